The normalized spacial score (nSPS) is 12.8. The van der Waals surface area contributed by atoms with Gasteiger partial charge in [0.15, 0.2) is 0 Å². The lowest BCUT2D eigenvalue weighted by Gasteiger charge is -2.17. The van der Waals surface area contributed by atoms with Crippen LogP contribution < -0.4 is 9.47 Å². The fraction of sp³-hybridized carbons (Fsp3) is 0.500. The number of rotatable bonds is 12. The summed E-state index contributed by atoms with van der Waals surface area (Å²) in [6, 6.07) is 7.55. The van der Waals surface area contributed by atoms with Crippen molar-refractivity contribution in [2.75, 3.05) is 13.7 Å². The van der Waals surface area contributed by atoms with Crippen LogP contribution >= 0.6 is 0 Å². The topological polar surface area (TPSA) is 27.7 Å². The second-order valence-electron chi connectivity index (χ2n) is 5.27. The summed E-state index contributed by atoms with van der Waals surface area (Å²) in [6.45, 7) is 4.82. The highest BCUT2D eigenvalue weighted by atomic mass is 16.7. The zero-order chi connectivity index (χ0) is 16.8. The molecule has 0 aromatic heterocycles. The van der Waals surface area contributed by atoms with Crippen LogP contribution in [0.25, 0.3) is 0 Å². The molecule has 128 valence electrons. The van der Waals surface area contributed by atoms with Crippen molar-refractivity contribution in [1.82, 2.24) is 0 Å². The SMILES string of the molecule is CCCCC/C=C/C=C/CC(OCC)Oc1ccc(OC)cc1. The predicted molar refractivity (Wildman–Crippen MR) is 96.1 cm³/mol. The molecule has 0 fully saturated rings. The Balaban J connectivity index is 2.38. The molecule has 0 spiro atoms. The van der Waals surface area contributed by atoms with Crippen molar-refractivity contribution in [2.24, 2.45) is 0 Å². The van der Waals surface area contributed by atoms with E-state index in [4.69, 9.17) is 14.2 Å². The zero-order valence-electron chi connectivity index (χ0n) is 14.7. The molecule has 0 saturated heterocycles. The minimum Gasteiger partial charge on any atom is -0.497 e. The number of ether oxygens (including phenoxy) is 3. The van der Waals surface area contributed by atoms with Gasteiger partial charge in [0, 0.05) is 13.0 Å². The van der Waals surface area contributed by atoms with E-state index < -0.39 is 0 Å². The van der Waals surface area contributed by atoms with Crippen LogP contribution in [-0.4, -0.2) is 20.0 Å². The van der Waals surface area contributed by atoms with E-state index in [-0.39, 0.29) is 6.29 Å². The zero-order valence-corrected chi connectivity index (χ0v) is 14.7. The first-order chi connectivity index (χ1) is 11.3. The van der Waals surface area contributed by atoms with Gasteiger partial charge >= 0.3 is 0 Å². The standard InChI is InChI=1S/C20H30O3/c1-4-6-7-8-9-10-11-12-13-20(22-5-2)23-19-16-14-18(21-3)15-17-19/h9-12,14-17,20H,4-8,13H2,1-3H3/b10-9+,12-11+. The fourth-order valence-corrected chi connectivity index (χ4v) is 2.10. The van der Waals surface area contributed by atoms with Gasteiger partial charge in [0.1, 0.15) is 11.5 Å². The second kappa shape index (κ2) is 12.8. The van der Waals surface area contributed by atoms with Crippen LogP contribution in [0.1, 0.15) is 46.0 Å². The predicted octanol–water partition coefficient (Wildman–Crippen LogP) is 5.52. The maximum absolute atomic E-state index is 5.86. The highest BCUT2D eigenvalue weighted by Crippen LogP contribution is 2.19. The molecular formula is C20H30O3. The molecule has 1 rings (SSSR count). The molecule has 0 N–H and O–H groups in total. The molecular weight excluding hydrogens is 288 g/mol. The quantitative estimate of drug-likeness (QED) is 0.288. The van der Waals surface area contributed by atoms with Crippen LogP contribution in [0.5, 0.6) is 11.5 Å². The first kappa shape index (κ1) is 19.3. The molecule has 0 amide bonds. The highest BCUT2D eigenvalue weighted by molar-refractivity contribution is 5.31. The van der Waals surface area contributed by atoms with Crippen molar-refractivity contribution in [3.63, 3.8) is 0 Å². The van der Waals surface area contributed by atoms with Crippen molar-refractivity contribution < 1.29 is 14.2 Å². The Bertz CT molecular complexity index is 448. The average Bonchev–Trinajstić information content (AvgIpc) is 2.58. The van der Waals surface area contributed by atoms with Gasteiger partial charge in [0.25, 0.3) is 0 Å². The number of hydrogen-bond donors (Lipinski definition) is 0. The largest absolute Gasteiger partial charge is 0.497 e. The molecule has 1 atom stereocenters. The Labute approximate surface area is 141 Å². The van der Waals surface area contributed by atoms with Crippen LogP contribution in [0.15, 0.2) is 48.6 Å². The summed E-state index contributed by atoms with van der Waals surface area (Å²) in [5.41, 5.74) is 0. The number of unbranched alkanes of at least 4 members (excludes halogenated alkanes) is 3. The summed E-state index contributed by atoms with van der Waals surface area (Å²) < 4.78 is 16.6. The lowest BCUT2D eigenvalue weighted by atomic mass is 10.2. The lowest BCUT2D eigenvalue weighted by molar-refractivity contribution is -0.0723. The minimum atomic E-state index is -0.266. The summed E-state index contributed by atoms with van der Waals surface area (Å²) in [7, 11) is 1.65. The highest BCUT2D eigenvalue weighted by Gasteiger charge is 2.08. The summed E-state index contributed by atoms with van der Waals surface area (Å²) >= 11 is 0. The second-order valence-corrected chi connectivity index (χ2v) is 5.27. The van der Waals surface area contributed by atoms with Gasteiger partial charge in [-0.05, 0) is 44.0 Å². The van der Waals surface area contributed by atoms with Gasteiger partial charge in [0.05, 0.1) is 7.11 Å². The molecule has 23 heavy (non-hydrogen) atoms. The molecule has 0 saturated carbocycles. The van der Waals surface area contributed by atoms with Gasteiger partial charge in [-0.2, -0.15) is 0 Å². The van der Waals surface area contributed by atoms with E-state index in [1.807, 2.05) is 31.2 Å². The Morgan fingerprint density at radius 1 is 0.957 bits per heavy atom. The van der Waals surface area contributed by atoms with E-state index in [0.717, 1.165) is 24.3 Å². The summed E-state index contributed by atoms with van der Waals surface area (Å²) in [5.74, 6) is 1.60. The Kier molecular flexibility index (Phi) is 10.7. The first-order valence-corrected chi connectivity index (χ1v) is 8.54. The van der Waals surface area contributed by atoms with Crippen LogP contribution in [-0.2, 0) is 4.74 Å². The molecule has 0 radical (unpaired) electrons. The third-order valence-corrected chi connectivity index (χ3v) is 3.37. The minimum absolute atomic E-state index is 0.266. The number of benzene rings is 1. The van der Waals surface area contributed by atoms with Crippen LogP contribution in [0, 0.1) is 0 Å². The lowest BCUT2D eigenvalue weighted by Crippen LogP contribution is -2.19. The van der Waals surface area contributed by atoms with Crippen molar-refractivity contribution in [3.05, 3.63) is 48.6 Å². The van der Waals surface area contributed by atoms with E-state index in [0.29, 0.717) is 6.61 Å². The maximum Gasteiger partial charge on any atom is 0.203 e. The van der Waals surface area contributed by atoms with Gasteiger partial charge in [0.2, 0.25) is 6.29 Å². The van der Waals surface area contributed by atoms with Crippen LogP contribution in [0.3, 0.4) is 0 Å². The first-order valence-electron chi connectivity index (χ1n) is 8.54. The van der Waals surface area contributed by atoms with Gasteiger partial charge in [-0.25, -0.2) is 0 Å². The molecule has 0 aliphatic rings. The maximum atomic E-state index is 5.86. The molecule has 0 aliphatic carbocycles. The van der Waals surface area contributed by atoms with Crippen LogP contribution in [0.2, 0.25) is 0 Å². The van der Waals surface area contributed by atoms with E-state index in [2.05, 4.69) is 31.2 Å². The van der Waals surface area contributed by atoms with Crippen LogP contribution in [0.4, 0.5) is 0 Å². The van der Waals surface area contributed by atoms with Gasteiger partial charge in [-0.3, -0.25) is 0 Å². The molecule has 0 aliphatic heterocycles. The van der Waals surface area contributed by atoms with Gasteiger partial charge in [-0.1, -0.05) is 44.1 Å². The summed E-state index contributed by atoms with van der Waals surface area (Å²) in [4.78, 5) is 0. The molecule has 0 heterocycles. The van der Waals surface area contributed by atoms with E-state index >= 15 is 0 Å². The molecule has 1 unspecified atom stereocenters. The molecule has 0 bridgehead atoms. The number of methoxy groups -OCH3 is 1. The molecule has 1 aromatic carbocycles. The van der Waals surface area contributed by atoms with Gasteiger partial charge in [-0.15, -0.1) is 0 Å². The van der Waals surface area contributed by atoms with Crippen molar-refractivity contribution in [3.8, 4) is 11.5 Å². The van der Waals surface area contributed by atoms with Crippen molar-refractivity contribution in [1.29, 1.82) is 0 Å². The summed E-state index contributed by atoms with van der Waals surface area (Å²) in [5, 5.41) is 0. The molecule has 3 heteroatoms. The number of allylic oxidation sites excluding steroid dienone is 3. The fourth-order valence-electron chi connectivity index (χ4n) is 2.10. The average molecular weight is 318 g/mol. The third-order valence-electron chi connectivity index (χ3n) is 3.37. The van der Waals surface area contributed by atoms with Crippen molar-refractivity contribution in [2.45, 2.75) is 52.2 Å². The Morgan fingerprint density at radius 2 is 1.65 bits per heavy atom. The Hall–Kier alpha value is -1.74. The van der Waals surface area contributed by atoms with E-state index in [1.165, 1.54) is 19.3 Å². The molecule has 3 nitrogen and oxygen atoms in total. The number of hydrogen-bond acceptors (Lipinski definition) is 3. The van der Waals surface area contributed by atoms with E-state index in [9.17, 15) is 0 Å². The summed E-state index contributed by atoms with van der Waals surface area (Å²) in [6.07, 6.45) is 13.9. The van der Waals surface area contributed by atoms with Crippen molar-refractivity contribution >= 4 is 0 Å². The smallest absolute Gasteiger partial charge is 0.203 e. The monoisotopic (exact) mass is 318 g/mol. The third kappa shape index (κ3) is 9.09. The van der Waals surface area contributed by atoms with Gasteiger partial charge < -0.3 is 14.2 Å². The van der Waals surface area contributed by atoms with E-state index in [1.54, 1.807) is 7.11 Å². The molecule has 1 aromatic rings. The Morgan fingerprint density at radius 3 is 2.30 bits per heavy atom.